The van der Waals surface area contributed by atoms with Gasteiger partial charge >= 0.3 is 0 Å². The van der Waals surface area contributed by atoms with Crippen molar-refractivity contribution in [1.29, 1.82) is 0 Å². The van der Waals surface area contributed by atoms with Gasteiger partial charge in [-0.3, -0.25) is 14.9 Å². The van der Waals surface area contributed by atoms with E-state index in [1.807, 2.05) is 0 Å². The fourth-order valence-corrected chi connectivity index (χ4v) is 2.28. The summed E-state index contributed by atoms with van der Waals surface area (Å²) in [6.07, 6.45) is 7.57. The Kier molecular flexibility index (Phi) is 2.44. The van der Waals surface area contributed by atoms with Crippen LogP contribution >= 0.6 is 0 Å². The van der Waals surface area contributed by atoms with Crippen molar-refractivity contribution in [2.45, 2.75) is 12.8 Å². The van der Waals surface area contributed by atoms with Crippen molar-refractivity contribution < 1.29 is 0 Å². The first-order valence-electron chi connectivity index (χ1n) is 5.78. The number of nitrogens with zero attached hydrogens (tertiary/aromatic N) is 5. The molecule has 0 atom stereocenters. The average Bonchev–Trinajstić information content (AvgIpc) is 2.39. The van der Waals surface area contributed by atoms with Gasteiger partial charge in [-0.05, 0) is 12.8 Å². The Morgan fingerprint density at radius 3 is 2.88 bits per heavy atom. The van der Waals surface area contributed by atoms with Crippen molar-refractivity contribution in [1.82, 2.24) is 14.9 Å². The van der Waals surface area contributed by atoms with E-state index in [-0.39, 0.29) is 0 Å². The van der Waals surface area contributed by atoms with Gasteiger partial charge in [-0.15, -0.1) is 0 Å². The lowest BCUT2D eigenvalue weighted by Gasteiger charge is -2.40. The highest BCUT2D eigenvalue weighted by Gasteiger charge is 2.26. The zero-order valence-electron chi connectivity index (χ0n) is 9.21. The van der Waals surface area contributed by atoms with Crippen LogP contribution in [0, 0.1) is 0 Å². The van der Waals surface area contributed by atoms with Crippen LogP contribution in [0.1, 0.15) is 12.8 Å². The Morgan fingerprint density at radius 1 is 1.06 bits per heavy atom. The fourth-order valence-electron chi connectivity index (χ4n) is 2.28. The molecule has 0 aromatic carbocycles. The van der Waals surface area contributed by atoms with Crippen LogP contribution in [0.3, 0.4) is 0 Å². The molecule has 2 aliphatic rings. The molecule has 3 rings (SSSR count). The molecule has 1 fully saturated rings. The van der Waals surface area contributed by atoms with E-state index in [1.54, 1.807) is 18.6 Å². The second kappa shape index (κ2) is 4.08. The number of fused-ring (bicyclic) bond motifs is 1. The minimum Gasteiger partial charge on any atom is -0.342 e. The molecule has 16 heavy (non-hydrogen) atoms. The first kappa shape index (κ1) is 9.57. The molecule has 1 saturated heterocycles. The lowest BCUT2D eigenvalue weighted by Crippen LogP contribution is -2.52. The number of aromatic nitrogens is 2. The summed E-state index contributed by atoms with van der Waals surface area (Å²) in [5.74, 6) is 1.99. The summed E-state index contributed by atoms with van der Waals surface area (Å²) in [6, 6.07) is 0. The molecular weight excluding hydrogens is 202 g/mol. The average molecular weight is 217 g/mol. The smallest absolute Gasteiger partial charge is 0.202 e. The maximum atomic E-state index is 4.61. The van der Waals surface area contributed by atoms with Crippen LogP contribution in [0.2, 0.25) is 0 Å². The maximum absolute atomic E-state index is 4.61. The van der Waals surface area contributed by atoms with Gasteiger partial charge < -0.3 is 4.90 Å². The van der Waals surface area contributed by atoms with Gasteiger partial charge in [0, 0.05) is 38.6 Å². The van der Waals surface area contributed by atoms with Gasteiger partial charge in [-0.25, -0.2) is 4.98 Å². The summed E-state index contributed by atoms with van der Waals surface area (Å²) in [7, 11) is 0. The molecule has 0 radical (unpaired) electrons. The Bertz CT molecular complexity index is 389. The topological polar surface area (TPSA) is 44.6 Å². The molecule has 0 unspecified atom stereocenters. The largest absolute Gasteiger partial charge is 0.342 e. The van der Waals surface area contributed by atoms with Crippen LogP contribution in [-0.4, -0.2) is 47.0 Å². The van der Waals surface area contributed by atoms with E-state index < -0.39 is 0 Å². The number of rotatable bonds is 1. The summed E-state index contributed by atoms with van der Waals surface area (Å²) >= 11 is 0. The molecule has 84 valence electrons. The molecule has 0 aliphatic carbocycles. The van der Waals surface area contributed by atoms with Crippen molar-refractivity contribution in [3.63, 3.8) is 0 Å². The molecular formula is C11H15N5. The quantitative estimate of drug-likeness (QED) is 0.696. The van der Waals surface area contributed by atoms with E-state index in [0.29, 0.717) is 0 Å². The number of guanidine groups is 1. The van der Waals surface area contributed by atoms with Gasteiger partial charge in [0.25, 0.3) is 0 Å². The molecule has 0 amide bonds. The molecule has 0 N–H and O–H groups in total. The predicted molar refractivity (Wildman–Crippen MR) is 62.5 cm³/mol. The normalized spacial score (nSPS) is 20.4. The van der Waals surface area contributed by atoms with Gasteiger partial charge in [0.1, 0.15) is 0 Å². The molecule has 0 saturated carbocycles. The Balaban J connectivity index is 1.92. The van der Waals surface area contributed by atoms with E-state index in [1.165, 1.54) is 0 Å². The lowest BCUT2D eigenvalue weighted by molar-refractivity contribution is 0.359. The third-order valence-corrected chi connectivity index (χ3v) is 3.00. The van der Waals surface area contributed by atoms with Crippen molar-refractivity contribution in [3.8, 4) is 0 Å². The van der Waals surface area contributed by atoms with Crippen molar-refractivity contribution >= 4 is 11.8 Å². The lowest BCUT2D eigenvalue weighted by atomic mass is 10.2. The second-order valence-corrected chi connectivity index (χ2v) is 4.09. The number of hydrogen-bond donors (Lipinski definition) is 0. The molecule has 5 heteroatoms. The van der Waals surface area contributed by atoms with E-state index >= 15 is 0 Å². The summed E-state index contributed by atoms with van der Waals surface area (Å²) in [6.45, 7) is 4.17. The first-order valence-corrected chi connectivity index (χ1v) is 5.78. The highest BCUT2D eigenvalue weighted by molar-refractivity contribution is 5.96. The SMILES string of the molecule is c1cnc(N2CCCN3CCCN=C32)cn1. The highest BCUT2D eigenvalue weighted by Crippen LogP contribution is 2.18. The van der Waals surface area contributed by atoms with Gasteiger partial charge in [-0.2, -0.15) is 0 Å². The van der Waals surface area contributed by atoms with Crippen molar-refractivity contribution in [2.75, 3.05) is 31.1 Å². The number of aliphatic imine (C=N–C) groups is 1. The summed E-state index contributed by atoms with van der Waals surface area (Å²) in [4.78, 5) is 17.6. The summed E-state index contributed by atoms with van der Waals surface area (Å²) in [5.41, 5.74) is 0. The number of hydrogen-bond acceptors (Lipinski definition) is 5. The van der Waals surface area contributed by atoms with Gasteiger partial charge in [0.15, 0.2) is 5.82 Å². The van der Waals surface area contributed by atoms with Crippen LogP contribution in [-0.2, 0) is 0 Å². The van der Waals surface area contributed by atoms with Gasteiger partial charge in [0.05, 0.1) is 6.20 Å². The van der Waals surface area contributed by atoms with Crippen molar-refractivity contribution in [2.24, 2.45) is 4.99 Å². The van der Waals surface area contributed by atoms with E-state index in [4.69, 9.17) is 0 Å². The Morgan fingerprint density at radius 2 is 2.00 bits per heavy atom. The third kappa shape index (κ3) is 1.62. The van der Waals surface area contributed by atoms with Crippen LogP contribution in [0.25, 0.3) is 0 Å². The summed E-state index contributed by atoms with van der Waals surface area (Å²) in [5, 5.41) is 0. The Hall–Kier alpha value is -1.65. The van der Waals surface area contributed by atoms with E-state index in [0.717, 1.165) is 50.8 Å². The van der Waals surface area contributed by atoms with Crippen LogP contribution in [0.4, 0.5) is 5.82 Å². The van der Waals surface area contributed by atoms with Crippen molar-refractivity contribution in [3.05, 3.63) is 18.6 Å². The first-order chi connectivity index (χ1) is 7.95. The number of anilines is 1. The third-order valence-electron chi connectivity index (χ3n) is 3.00. The van der Waals surface area contributed by atoms with Crippen LogP contribution in [0.15, 0.2) is 23.6 Å². The molecule has 5 nitrogen and oxygen atoms in total. The molecule has 1 aromatic rings. The zero-order valence-corrected chi connectivity index (χ0v) is 9.21. The fraction of sp³-hybridized carbons (Fsp3) is 0.545. The second-order valence-electron chi connectivity index (χ2n) is 4.09. The van der Waals surface area contributed by atoms with Crippen LogP contribution < -0.4 is 4.90 Å². The van der Waals surface area contributed by atoms with E-state index in [2.05, 4.69) is 24.8 Å². The standard InChI is InChI=1S/C11H15N5/c1-3-14-11-15(6-1)7-2-8-16(11)10-9-12-4-5-13-10/h4-5,9H,1-3,6-8H2. The van der Waals surface area contributed by atoms with Gasteiger partial charge in [0.2, 0.25) is 5.96 Å². The van der Waals surface area contributed by atoms with E-state index in [9.17, 15) is 0 Å². The van der Waals surface area contributed by atoms with Crippen LogP contribution in [0.5, 0.6) is 0 Å². The predicted octanol–water partition coefficient (Wildman–Crippen LogP) is 0.748. The molecule has 0 spiro atoms. The minimum absolute atomic E-state index is 0.910. The molecule has 1 aromatic heterocycles. The summed E-state index contributed by atoms with van der Waals surface area (Å²) < 4.78 is 0. The molecule has 0 bridgehead atoms. The monoisotopic (exact) mass is 217 g/mol. The highest BCUT2D eigenvalue weighted by atomic mass is 15.4. The Labute approximate surface area is 94.8 Å². The maximum Gasteiger partial charge on any atom is 0.202 e. The zero-order chi connectivity index (χ0) is 10.8. The molecule has 3 heterocycles. The minimum atomic E-state index is 0.910. The van der Waals surface area contributed by atoms with Gasteiger partial charge in [-0.1, -0.05) is 0 Å². The molecule has 2 aliphatic heterocycles.